The monoisotopic (exact) mass is 485 g/mol. The van der Waals surface area contributed by atoms with Crippen molar-refractivity contribution >= 4 is 11.7 Å². The standard InChI is InChI=1S/C26H30F3N5O/c1-4-33-16-19(13-32-33)21-9-7-17(2)12-22(21)25(35)34-11-5-6-18(3)23(34)15-31-24-10-8-20(14-30-24)26(27,28)29/h7-10,12-14,16,18,23H,4-6,11,15H2,1-3H3,(H,30,31). The van der Waals surface area contributed by atoms with Crippen molar-refractivity contribution in [1.29, 1.82) is 0 Å². The second kappa shape index (κ2) is 10.1. The molecular weight excluding hydrogens is 455 g/mol. The van der Waals surface area contributed by atoms with E-state index in [9.17, 15) is 18.0 Å². The van der Waals surface area contributed by atoms with Gasteiger partial charge in [0.25, 0.3) is 5.91 Å². The number of anilines is 1. The predicted molar refractivity (Wildman–Crippen MR) is 129 cm³/mol. The van der Waals surface area contributed by atoms with Crippen molar-refractivity contribution in [3.05, 3.63) is 65.6 Å². The van der Waals surface area contributed by atoms with E-state index in [0.29, 0.717) is 24.5 Å². The van der Waals surface area contributed by atoms with Crippen LogP contribution in [0.25, 0.3) is 11.1 Å². The Morgan fingerprint density at radius 1 is 1.20 bits per heavy atom. The van der Waals surface area contributed by atoms with Gasteiger partial charge in [-0.2, -0.15) is 18.3 Å². The normalized spacial score (nSPS) is 18.5. The number of hydrogen-bond acceptors (Lipinski definition) is 4. The Hall–Kier alpha value is -3.36. The molecule has 1 aliphatic heterocycles. The van der Waals surface area contributed by atoms with E-state index in [1.807, 2.05) is 47.8 Å². The summed E-state index contributed by atoms with van der Waals surface area (Å²) in [6, 6.07) is 8.09. The number of hydrogen-bond donors (Lipinski definition) is 1. The van der Waals surface area contributed by atoms with Gasteiger partial charge in [-0.25, -0.2) is 4.98 Å². The number of halogens is 3. The maximum Gasteiger partial charge on any atom is 0.417 e. The van der Waals surface area contributed by atoms with E-state index in [-0.39, 0.29) is 17.9 Å². The second-order valence-corrected chi connectivity index (χ2v) is 9.13. The molecule has 3 aromatic rings. The van der Waals surface area contributed by atoms with Gasteiger partial charge in [0.05, 0.1) is 17.8 Å². The third-order valence-corrected chi connectivity index (χ3v) is 6.63. The van der Waals surface area contributed by atoms with Crippen molar-refractivity contribution in [2.24, 2.45) is 5.92 Å². The van der Waals surface area contributed by atoms with E-state index in [2.05, 4.69) is 22.3 Å². The van der Waals surface area contributed by atoms with Crippen molar-refractivity contribution < 1.29 is 18.0 Å². The molecule has 186 valence electrons. The Balaban J connectivity index is 1.57. The first-order valence-electron chi connectivity index (χ1n) is 11.9. The van der Waals surface area contributed by atoms with E-state index < -0.39 is 11.7 Å². The van der Waals surface area contributed by atoms with Crippen LogP contribution in [0.4, 0.5) is 19.0 Å². The van der Waals surface area contributed by atoms with Gasteiger partial charge in [0, 0.05) is 43.2 Å². The van der Waals surface area contributed by atoms with E-state index in [1.165, 1.54) is 6.07 Å². The van der Waals surface area contributed by atoms with Gasteiger partial charge in [-0.05, 0) is 56.4 Å². The lowest BCUT2D eigenvalue weighted by molar-refractivity contribution is -0.137. The molecule has 0 spiro atoms. The van der Waals surface area contributed by atoms with E-state index in [4.69, 9.17) is 0 Å². The Morgan fingerprint density at radius 3 is 2.66 bits per heavy atom. The summed E-state index contributed by atoms with van der Waals surface area (Å²) in [6.45, 7) is 7.84. The molecule has 35 heavy (non-hydrogen) atoms. The minimum Gasteiger partial charge on any atom is -0.368 e. The Kier molecular flexibility index (Phi) is 7.14. The number of aryl methyl sites for hydroxylation is 2. The zero-order valence-electron chi connectivity index (χ0n) is 20.1. The summed E-state index contributed by atoms with van der Waals surface area (Å²) in [5.74, 6) is 0.531. The molecule has 2 unspecified atom stereocenters. The molecule has 1 saturated heterocycles. The highest BCUT2D eigenvalue weighted by atomic mass is 19.4. The summed E-state index contributed by atoms with van der Waals surface area (Å²) >= 11 is 0. The second-order valence-electron chi connectivity index (χ2n) is 9.13. The fourth-order valence-electron chi connectivity index (χ4n) is 4.60. The summed E-state index contributed by atoms with van der Waals surface area (Å²) in [7, 11) is 0. The summed E-state index contributed by atoms with van der Waals surface area (Å²) in [4.78, 5) is 19.7. The van der Waals surface area contributed by atoms with E-state index in [1.54, 1.807) is 6.20 Å². The molecule has 0 aliphatic carbocycles. The number of benzene rings is 1. The molecule has 2 aromatic heterocycles. The number of aromatic nitrogens is 3. The summed E-state index contributed by atoms with van der Waals surface area (Å²) < 4.78 is 40.4. The van der Waals surface area contributed by atoms with Crippen LogP contribution in [0.2, 0.25) is 0 Å². The molecule has 0 radical (unpaired) electrons. The Bertz CT molecular complexity index is 1170. The number of carbonyl (C=O) groups is 1. The smallest absolute Gasteiger partial charge is 0.368 e. The molecule has 6 nitrogen and oxygen atoms in total. The molecule has 1 aliphatic rings. The summed E-state index contributed by atoms with van der Waals surface area (Å²) in [6.07, 6.45) is 1.99. The molecule has 3 heterocycles. The third kappa shape index (κ3) is 5.49. The average molecular weight is 486 g/mol. The zero-order valence-corrected chi connectivity index (χ0v) is 20.1. The number of rotatable bonds is 6. The first kappa shape index (κ1) is 24.8. The molecule has 0 saturated carbocycles. The molecule has 2 atom stereocenters. The van der Waals surface area contributed by atoms with Gasteiger partial charge in [-0.3, -0.25) is 9.48 Å². The van der Waals surface area contributed by atoms with Crippen LogP contribution in [0.5, 0.6) is 0 Å². The third-order valence-electron chi connectivity index (χ3n) is 6.63. The van der Waals surface area contributed by atoms with E-state index in [0.717, 1.165) is 48.3 Å². The lowest BCUT2D eigenvalue weighted by Gasteiger charge is -2.40. The van der Waals surface area contributed by atoms with Gasteiger partial charge in [0.2, 0.25) is 0 Å². The number of pyridine rings is 1. The SMILES string of the molecule is CCn1cc(-c2ccc(C)cc2C(=O)N2CCCC(C)C2CNc2ccc(C(F)(F)F)cn2)cn1. The van der Waals surface area contributed by atoms with Crippen molar-refractivity contribution in [1.82, 2.24) is 19.7 Å². The van der Waals surface area contributed by atoms with Gasteiger partial charge >= 0.3 is 6.18 Å². The van der Waals surface area contributed by atoms with Crippen LogP contribution in [-0.4, -0.2) is 44.7 Å². The highest BCUT2D eigenvalue weighted by Gasteiger charge is 2.34. The number of nitrogens with zero attached hydrogens (tertiary/aromatic N) is 4. The lowest BCUT2D eigenvalue weighted by Crippen LogP contribution is -2.51. The molecule has 1 aromatic carbocycles. The first-order valence-corrected chi connectivity index (χ1v) is 11.9. The number of amides is 1. The molecule has 1 fully saturated rings. The van der Waals surface area contributed by atoms with Gasteiger partial charge in [-0.15, -0.1) is 0 Å². The van der Waals surface area contributed by atoms with E-state index >= 15 is 0 Å². The largest absolute Gasteiger partial charge is 0.417 e. The zero-order chi connectivity index (χ0) is 25.2. The predicted octanol–water partition coefficient (Wildman–Crippen LogP) is 5.65. The van der Waals surface area contributed by atoms with Gasteiger partial charge in [0.1, 0.15) is 5.82 Å². The number of carbonyl (C=O) groups excluding carboxylic acids is 1. The summed E-state index contributed by atoms with van der Waals surface area (Å²) in [5, 5.41) is 7.50. The molecule has 1 N–H and O–H groups in total. The van der Waals surface area contributed by atoms with Gasteiger partial charge in [0.15, 0.2) is 0 Å². The Morgan fingerprint density at radius 2 is 2.00 bits per heavy atom. The van der Waals surface area contributed by atoms with Gasteiger partial charge in [-0.1, -0.05) is 24.6 Å². The molecule has 4 rings (SSSR count). The molecule has 9 heteroatoms. The van der Waals surface area contributed by atoms with Crippen LogP contribution < -0.4 is 5.32 Å². The fourth-order valence-corrected chi connectivity index (χ4v) is 4.60. The fraction of sp³-hybridized carbons (Fsp3) is 0.423. The molecule has 1 amide bonds. The number of likely N-dealkylation sites (tertiary alicyclic amines) is 1. The van der Waals surface area contributed by atoms with Crippen LogP contribution in [0.15, 0.2) is 48.9 Å². The minimum atomic E-state index is -4.42. The van der Waals surface area contributed by atoms with Crippen molar-refractivity contribution in [3.63, 3.8) is 0 Å². The van der Waals surface area contributed by atoms with Crippen LogP contribution in [0, 0.1) is 12.8 Å². The quantitative estimate of drug-likeness (QED) is 0.491. The topological polar surface area (TPSA) is 63.1 Å². The summed E-state index contributed by atoms with van der Waals surface area (Å²) in [5.41, 5.74) is 2.57. The van der Waals surface area contributed by atoms with Crippen LogP contribution in [0.3, 0.4) is 0 Å². The van der Waals surface area contributed by atoms with Crippen LogP contribution in [0.1, 0.15) is 48.2 Å². The average Bonchev–Trinajstić information content (AvgIpc) is 3.31. The highest BCUT2D eigenvalue weighted by Crippen LogP contribution is 2.31. The molecular formula is C26H30F3N5O. The lowest BCUT2D eigenvalue weighted by atomic mass is 9.89. The van der Waals surface area contributed by atoms with Crippen molar-refractivity contribution in [3.8, 4) is 11.1 Å². The van der Waals surface area contributed by atoms with Crippen LogP contribution >= 0.6 is 0 Å². The Labute approximate surface area is 203 Å². The highest BCUT2D eigenvalue weighted by molar-refractivity contribution is 6.01. The maximum absolute atomic E-state index is 13.9. The van der Waals surface area contributed by atoms with Gasteiger partial charge < -0.3 is 10.2 Å². The van der Waals surface area contributed by atoms with Crippen molar-refractivity contribution in [2.75, 3.05) is 18.4 Å². The van der Waals surface area contributed by atoms with Crippen LogP contribution in [-0.2, 0) is 12.7 Å². The number of nitrogens with one attached hydrogen (secondary N) is 1. The molecule has 0 bridgehead atoms. The first-order chi connectivity index (χ1) is 16.7. The van der Waals surface area contributed by atoms with Crippen molar-refractivity contribution in [2.45, 2.75) is 52.4 Å². The number of piperidine rings is 1. The number of alkyl halides is 3. The maximum atomic E-state index is 13.9. The minimum absolute atomic E-state index is 0.0494.